The van der Waals surface area contributed by atoms with E-state index >= 15 is 0 Å². The summed E-state index contributed by atoms with van der Waals surface area (Å²) in [6.07, 6.45) is 5.64. The number of nitrogens with zero attached hydrogens (tertiary/aromatic N) is 6. The van der Waals surface area contributed by atoms with Gasteiger partial charge in [0, 0.05) is 34.3 Å². The van der Waals surface area contributed by atoms with Gasteiger partial charge in [0.25, 0.3) is 6.33 Å². The van der Waals surface area contributed by atoms with E-state index in [1.54, 1.807) is 0 Å². The van der Waals surface area contributed by atoms with Gasteiger partial charge in [0.1, 0.15) is 17.3 Å². The average Bonchev–Trinajstić information content (AvgIpc) is 4.01. The van der Waals surface area contributed by atoms with Crippen molar-refractivity contribution in [3.05, 3.63) is 219 Å². The Morgan fingerprint density at radius 3 is 2.02 bits per heavy atom. The largest absolute Gasteiger partial charge is 0.458 e. The molecule has 5 heterocycles. The molecule has 2 aliphatic rings. The van der Waals surface area contributed by atoms with Gasteiger partial charge in [-0.2, -0.15) is 0 Å². The van der Waals surface area contributed by atoms with Crippen molar-refractivity contribution in [2.75, 3.05) is 9.62 Å². The minimum Gasteiger partial charge on any atom is -0.458 e. The van der Waals surface area contributed by atoms with Crippen LogP contribution < -0.4 is 24.4 Å². The average molecular weight is 795 g/mol. The Kier molecular flexibility index (Phi) is 7.56. The predicted molar refractivity (Wildman–Crippen MR) is 250 cm³/mol. The van der Waals surface area contributed by atoms with Gasteiger partial charge < -0.3 is 18.9 Å². The summed E-state index contributed by atoms with van der Waals surface area (Å²) >= 11 is 0. The lowest BCUT2D eigenvalue weighted by Crippen LogP contribution is -2.55. The number of hydrogen-bond donors (Lipinski definition) is 0. The topological polar surface area (TPSA) is 42.3 Å². The Balaban J connectivity index is 0.906. The highest BCUT2D eigenvalue weighted by Gasteiger charge is 2.48. The minimum absolute atomic E-state index is 0.117. The first-order valence-corrected chi connectivity index (χ1v) is 20.9. The Labute approximate surface area is 358 Å². The molecule has 290 valence electrons. The molecular formula is C54H35BN6O. The van der Waals surface area contributed by atoms with Gasteiger partial charge in [0.15, 0.2) is 0 Å². The molecule has 0 bridgehead atoms. The first kappa shape index (κ1) is 34.5. The fraction of sp³-hybridized carbons (Fsp3) is 0. The highest BCUT2D eigenvalue weighted by atomic mass is 16.5. The summed E-state index contributed by atoms with van der Waals surface area (Å²) in [5.41, 5.74) is 14.2. The molecule has 11 aromatic rings. The number of para-hydroxylation sites is 7. The molecular weight excluding hydrogens is 759 g/mol. The summed E-state index contributed by atoms with van der Waals surface area (Å²) in [6, 6.07) is 72.5. The maximum Gasteiger partial charge on any atom is 0.422 e. The number of benzene rings is 8. The number of imidazole rings is 1. The van der Waals surface area contributed by atoms with Crippen LogP contribution in [-0.2, 0) is 0 Å². The van der Waals surface area contributed by atoms with Crippen LogP contribution in [0.4, 0.5) is 22.9 Å². The molecule has 0 unspecified atom stereocenters. The lowest BCUT2D eigenvalue weighted by atomic mass is 9.60. The Hall–Kier alpha value is -8.36. The first-order valence-electron chi connectivity index (χ1n) is 20.9. The number of aromatic nitrogens is 4. The molecule has 0 N–H and O–H groups in total. The van der Waals surface area contributed by atoms with E-state index in [0.29, 0.717) is 0 Å². The van der Waals surface area contributed by atoms with Crippen LogP contribution in [0.25, 0.3) is 61.0 Å². The Morgan fingerprint density at radius 2 is 1.16 bits per heavy atom. The third-order valence-corrected chi connectivity index (χ3v) is 12.4. The van der Waals surface area contributed by atoms with Crippen LogP contribution in [0.2, 0.25) is 0 Å². The molecule has 13 rings (SSSR count). The van der Waals surface area contributed by atoms with Gasteiger partial charge in [0.05, 0.1) is 50.5 Å². The third-order valence-electron chi connectivity index (χ3n) is 12.4. The Morgan fingerprint density at radius 1 is 0.484 bits per heavy atom. The molecule has 0 amide bonds. The van der Waals surface area contributed by atoms with Crippen LogP contribution in [0.15, 0.2) is 212 Å². The number of hydrogen-bond acceptors (Lipinski definition) is 4. The van der Waals surface area contributed by atoms with Crippen molar-refractivity contribution in [2.45, 2.75) is 0 Å². The zero-order chi connectivity index (χ0) is 40.7. The lowest BCUT2D eigenvalue weighted by Gasteiger charge is -2.35. The number of rotatable bonds is 6. The third kappa shape index (κ3) is 5.13. The molecule has 8 heteroatoms. The quantitative estimate of drug-likeness (QED) is 0.0955. The molecule has 0 aliphatic carbocycles. The van der Waals surface area contributed by atoms with E-state index in [1.807, 2.05) is 24.4 Å². The first-order chi connectivity index (χ1) is 30.8. The van der Waals surface area contributed by atoms with Gasteiger partial charge in [-0.3, -0.25) is 9.13 Å². The van der Waals surface area contributed by atoms with Crippen molar-refractivity contribution in [1.82, 2.24) is 14.1 Å². The second-order valence-corrected chi connectivity index (χ2v) is 15.8. The van der Waals surface area contributed by atoms with E-state index in [9.17, 15) is 0 Å². The second-order valence-electron chi connectivity index (χ2n) is 15.8. The molecule has 0 saturated carbocycles. The fourth-order valence-electron chi connectivity index (χ4n) is 9.76. The summed E-state index contributed by atoms with van der Waals surface area (Å²) in [7, 11) is 0. The van der Waals surface area contributed by atoms with E-state index in [4.69, 9.17) is 9.72 Å². The molecule has 8 aromatic carbocycles. The van der Waals surface area contributed by atoms with Crippen LogP contribution in [0.3, 0.4) is 0 Å². The molecule has 0 radical (unpaired) electrons. The lowest BCUT2D eigenvalue weighted by molar-refractivity contribution is -0.572. The Bertz CT molecular complexity index is 3510. The van der Waals surface area contributed by atoms with Gasteiger partial charge in [-0.15, -0.1) is 0 Å². The highest BCUT2D eigenvalue weighted by Crippen LogP contribution is 2.51. The van der Waals surface area contributed by atoms with E-state index < -0.39 is 0 Å². The van der Waals surface area contributed by atoms with Gasteiger partial charge in [-0.1, -0.05) is 121 Å². The van der Waals surface area contributed by atoms with Crippen LogP contribution in [0.1, 0.15) is 0 Å². The van der Waals surface area contributed by atoms with Gasteiger partial charge >= 0.3 is 6.98 Å². The summed E-state index contributed by atoms with van der Waals surface area (Å²) in [5.74, 6) is 2.39. The molecule has 3 aromatic heterocycles. The standard InChI is InChI=1S/C54H35BN6O/c1-2-16-37(17-3-1)60-52-32-31-40(35-53(52)61-54-44(23-15-33-56-54)41-20-4-7-24-45(41)55(60)61)62-39-19-14-18-38(34-39)57-36-58(49-28-11-10-27-48(49)57)50-29-12-13-30-51(50)59-46-25-8-5-21-42(46)43-22-6-9-26-47(43)59/h1-35H. The summed E-state index contributed by atoms with van der Waals surface area (Å²) in [5, 5.41) is 2.45. The normalized spacial score (nSPS) is 12.7. The molecule has 0 fully saturated rings. The molecule has 62 heavy (non-hydrogen) atoms. The van der Waals surface area contributed by atoms with E-state index in [2.05, 4.69) is 218 Å². The molecule has 0 saturated heterocycles. The van der Waals surface area contributed by atoms with E-state index in [-0.39, 0.29) is 6.98 Å². The van der Waals surface area contributed by atoms with Crippen molar-refractivity contribution < 1.29 is 9.30 Å². The SMILES string of the molecule is [c-]1n(-c2cccc(Oc3ccc4c(c3)N3B(c5ccccc5-c5cccnc53)N4c3ccccc3)c2)c2ccccc2[n+]1-c1ccccc1-n1c2ccccc2c2ccccc21. The molecule has 2 aliphatic heterocycles. The summed E-state index contributed by atoms with van der Waals surface area (Å²) in [4.78, 5) is 9.77. The second kappa shape index (κ2) is 13.6. The van der Waals surface area contributed by atoms with Crippen molar-refractivity contribution in [2.24, 2.45) is 0 Å². The fourth-order valence-corrected chi connectivity index (χ4v) is 9.76. The monoisotopic (exact) mass is 794 g/mol. The van der Waals surface area contributed by atoms with Gasteiger partial charge in [-0.25, -0.2) is 4.98 Å². The number of pyridine rings is 1. The summed E-state index contributed by atoms with van der Waals surface area (Å²) in [6.45, 7) is -0.117. The molecule has 0 atom stereocenters. The van der Waals surface area contributed by atoms with Crippen LogP contribution in [-0.4, -0.2) is 21.1 Å². The van der Waals surface area contributed by atoms with Gasteiger partial charge in [-0.05, 0) is 89.9 Å². The van der Waals surface area contributed by atoms with Crippen molar-refractivity contribution in [3.63, 3.8) is 0 Å². The number of anilines is 4. The zero-order valence-corrected chi connectivity index (χ0v) is 33.4. The van der Waals surface area contributed by atoms with Crippen molar-refractivity contribution >= 4 is 68.2 Å². The molecule has 0 spiro atoms. The van der Waals surface area contributed by atoms with Gasteiger partial charge in [0.2, 0.25) is 0 Å². The van der Waals surface area contributed by atoms with Crippen LogP contribution in [0.5, 0.6) is 11.5 Å². The van der Waals surface area contributed by atoms with Crippen LogP contribution in [0, 0.1) is 6.33 Å². The maximum absolute atomic E-state index is 6.79. The smallest absolute Gasteiger partial charge is 0.422 e. The maximum atomic E-state index is 6.79. The predicted octanol–water partition coefficient (Wildman–Crippen LogP) is 11.7. The van der Waals surface area contributed by atoms with E-state index in [0.717, 1.165) is 79.1 Å². The van der Waals surface area contributed by atoms with Crippen molar-refractivity contribution in [3.8, 4) is 39.7 Å². The highest BCUT2D eigenvalue weighted by molar-refractivity contribution is 6.86. The zero-order valence-electron chi connectivity index (χ0n) is 33.4. The summed E-state index contributed by atoms with van der Waals surface area (Å²) < 4.78 is 13.5. The minimum atomic E-state index is -0.117. The van der Waals surface area contributed by atoms with Crippen molar-refractivity contribution in [1.29, 1.82) is 0 Å². The number of ether oxygens (including phenoxy) is 1. The number of fused-ring (bicyclic) bond motifs is 12. The van der Waals surface area contributed by atoms with E-state index in [1.165, 1.54) is 21.8 Å². The van der Waals surface area contributed by atoms with Crippen LogP contribution >= 0.6 is 0 Å². The molecule has 7 nitrogen and oxygen atoms in total.